The van der Waals surface area contributed by atoms with E-state index in [2.05, 4.69) is 30.3 Å². The Hall–Kier alpha value is -3.98. The van der Waals surface area contributed by atoms with Gasteiger partial charge in [-0.15, -0.1) is 0 Å². The van der Waals surface area contributed by atoms with Crippen LogP contribution >= 0.6 is 0 Å². The standard InChI is InChI=1S/C25H26N6O2S/c1-16-5-6-18(3)22(13-16)34(32,33)31-21-9-7-20(8-10-21)29-24-15-25(28-19(4)27-24)30-23-14-17(2)11-12-26-23/h5-15,31H,1-4H3,(H2,26,27,28,29,30). The van der Waals surface area contributed by atoms with Crippen molar-refractivity contribution in [2.24, 2.45) is 0 Å². The third kappa shape index (κ3) is 5.68. The van der Waals surface area contributed by atoms with Gasteiger partial charge in [0.2, 0.25) is 0 Å². The molecule has 0 fully saturated rings. The fraction of sp³-hybridized carbons (Fsp3) is 0.160. The molecule has 4 aromatic rings. The number of sulfonamides is 1. The fourth-order valence-corrected chi connectivity index (χ4v) is 4.80. The maximum Gasteiger partial charge on any atom is 0.262 e. The zero-order valence-corrected chi connectivity index (χ0v) is 20.2. The molecule has 0 unspecified atom stereocenters. The first-order valence-corrected chi connectivity index (χ1v) is 12.2. The van der Waals surface area contributed by atoms with Crippen molar-refractivity contribution in [3.63, 3.8) is 0 Å². The molecule has 2 aromatic heterocycles. The van der Waals surface area contributed by atoms with Crippen LogP contribution in [-0.2, 0) is 10.0 Å². The molecule has 0 aliphatic heterocycles. The molecule has 2 heterocycles. The summed E-state index contributed by atoms with van der Waals surface area (Å²) in [4.78, 5) is 13.4. The van der Waals surface area contributed by atoms with E-state index in [1.54, 1.807) is 55.6 Å². The lowest BCUT2D eigenvalue weighted by Crippen LogP contribution is -2.14. The van der Waals surface area contributed by atoms with Gasteiger partial charge in [-0.2, -0.15) is 0 Å². The Bertz CT molecular complexity index is 1440. The molecule has 0 radical (unpaired) electrons. The van der Waals surface area contributed by atoms with Gasteiger partial charge in [0.25, 0.3) is 10.0 Å². The van der Waals surface area contributed by atoms with E-state index in [0.29, 0.717) is 34.5 Å². The molecule has 9 heteroatoms. The molecule has 174 valence electrons. The van der Waals surface area contributed by atoms with Crippen molar-refractivity contribution in [1.82, 2.24) is 15.0 Å². The number of anilines is 5. The Morgan fingerprint density at radius 2 is 1.32 bits per heavy atom. The van der Waals surface area contributed by atoms with E-state index in [-0.39, 0.29) is 4.90 Å². The number of nitrogens with one attached hydrogen (secondary N) is 3. The predicted molar refractivity (Wildman–Crippen MR) is 135 cm³/mol. The number of hydrogen-bond donors (Lipinski definition) is 3. The highest BCUT2D eigenvalue weighted by molar-refractivity contribution is 7.92. The van der Waals surface area contributed by atoms with Crippen LogP contribution in [0.4, 0.5) is 28.8 Å². The molecule has 0 saturated heterocycles. The minimum absolute atomic E-state index is 0.272. The third-order valence-electron chi connectivity index (χ3n) is 5.05. The second-order valence-corrected chi connectivity index (χ2v) is 9.76. The molecule has 0 aliphatic carbocycles. The summed E-state index contributed by atoms with van der Waals surface area (Å²) in [5.41, 5.74) is 3.90. The summed E-state index contributed by atoms with van der Waals surface area (Å²) in [6.45, 7) is 7.46. The van der Waals surface area contributed by atoms with Crippen LogP contribution < -0.4 is 15.4 Å². The fourth-order valence-electron chi connectivity index (χ4n) is 3.41. The zero-order valence-electron chi connectivity index (χ0n) is 19.4. The lowest BCUT2D eigenvalue weighted by atomic mass is 10.2. The van der Waals surface area contributed by atoms with E-state index >= 15 is 0 Å². The molecule has 0 atom stereocenters. The molecule has 0 spiro atoms. The van der Waals surface area contributed by atoms with E-state index in [1.807, 2.05) is 39.0 Å². The van der Waals surface area contributed by atoms with E-state index in [0.717, 1.165) is 16.8 Å². The normalized spacial score (nSPS) is 11.2. The predicted octanol–water partition coefficient (Wildman–Crippen LogP) is 5.39. The molecule has 2 aromatic carbocycles. The number of aromatic nitrogens is 3. The second-order valence-electron chi connectivity index (χ2n) is 8.11. The summed E-state index contributed by atoms with van der Waals surface area (Å²) >= 11 is 0. The monoisotopic (exact) mass is 474 g/mol. The van der Waals surface area contributed by atoms with Crippen LogP contribution in [0.5, 0.6) is 0 Å². The van der Waals surface area contributed by atoms with Gasteiger partial charge >= 0.3 is 0 Å². The summed E-state index contributed by atoms with van der Waals surface area (Å²) in [6.07, 6.45) is 1.74. The Labute approximate surface area is 199 Å². The Morgan fingerprint density at radius 3 is 2.03 bits per heavy atom. The van der Waals surface area contributed by atoms with Crippen molar-refractivity contribution in [2.45, 2.75) is 32.6 Å². The topological polar surface area (TPSA) is 109 Å². The SMILES string of the molecule is Cc1ccnc(Nc2cc(Nc3ccc(NS(=O)(=O)c4cc(C)ccc4C)cc3)nc(C)n2)c1. The lowest BCUT2D eigenvalue weighted by Gasteiger charge is -2.13. The van der Waals surface area contributed by atoms with Crippen LogP contribution in [0.2, 0.25) is 0 Å². The van der Waals surface area contributed by atoms with Crippen LogP contribution in [0.1, 0.15) is 22.5 Å². The quantitative estimate of drug-likeness (QED) is 0.329. The maximum atomic E-state index is 12.8. The van der Waals surface area contributed by atoms with E-state index in [4.69, 9.17) is 0 Å². The molecule has 0 bridgehead atoms. The lowest BCUT2D eigenvalue weighted by molar-refractivity contribution is 0.600. The van der Waals surface area contributed by atoms with Gasteiger partial charge in [-0.3, -0.25) is 4.72 Å². The Kier molecular flexibility index (Phi) is 6.47. The summed E-state index contributed by atoms with van der Waals surface area (Å²) in [5.74, 6) is 2.51. The van der Waals surface area contributed by atoms with E-state index in [9.17, 15) is 8.42 Å². The van der Waals surface area contributed by atoms with Gasteiger partial charge in [0.15, 0.2) is 0 Å². The van der Waals surface area contributed by atoms with Gasteiger partial charge in [0.1, 0.15) is 23.3 Å². The summed E-state index contributed by atoms with van der Waals surface area (Å²) < 4.78 is 28.3. The van der Waals surface area contributed by atoms with Crippen molar-refractivity contribution in [1.29, 1.82) is 0 Å². The minimum Gasteiger partial charge on any atom is -0.340 e. The van der Waals surface area contributed by atoms with Crippen molar-refractivity contribution in [3.05, 3.63) is 89.4 Å². The Balaban J connectivity index is 1.48. The van der Waals surface area contributed by atoms with Crippen LogP contribution in [0.15, 0.2) is 71.8 Å². The first kappa shape index (κ1) is 23.2. The maximum absolute atomic E-state index is 12.8. The third-order valence-corrected chi connectivity index (χ3v) is 6.58. The van der Waals surface area contributed by atoms with Gasteiger partial charge in [0, 0.05) is 23.6 Å². The van der Waals surface area contributed by atoms with Crippen molar-refractivity contribution in [2.75, 3.05) is 15.4 Å². The average molecular weight is 475 g/mol. The average Bonchev–Trinajstić information content (AvgIpc) is 2.76. The summed E-state index contributed by atoms with van der Waals surface area (Å²) in [7, 11) is -3.69. The zero-order chi connectivity index (χ0) is 24.3. The summed E-state index contributed by atoms with van der Waals surface area (Å²) in [5, 5.41) is 6.42. The highest BCUT2D eigenvalue weighted by Gasteiger charge is 2.17. The molecule has 0 amide bonds. The number of hydrogen-bond acceptors (Lipinski definition) is 7. The second kappa shape index (κ2) is 9.48. The van der Waals surface area contributed by atoms with Crippen molar-refractivity contribution in [3.8, 4) is 0 Å². The highest BCUT2D eigenvalue weighted by atomic mass is 32.2. The van der Waals surface area contributed by atoms with Crippen molar-refractivity contribution >= 4 is 38.9 Å². The van der Waals surface area contributed by atoms with E-state index in [1.165, 1.54) is 0 Å². The molecule has 4 rings (SSSR count). The molecule has 0 aliphatic rings. The van der Waals surface area contributed by atoms with Gasteiger partial charge in [-0.25, -0.2) is 23.4 Å². The molecular weight excluding hydrogens is 448 g/mol. The van der Waals surface area contributed by atoms with Crippen LogP contribution in [0.3, 0.4) is 0 Å². The number of aryl methyl sites for hydroxylation is 4. The minimum atomic E-state index is -3.69. The molecule has 0 saturated carbocycles. The number of nitrogens with zero attached hydrogens (tertiary/aromatic N) is 3. The Morgan fingerprint density at radius 1 is 0.676 bits per heavy atom. The van der Waals surface area contributed by atoms with Gasteiger partial charge in [0.05, 0.1) is 4.90 Å². The summed E-state index contributed by atoms with van der Waals surface area (Å²) in [6, 6.07) is 18.0. The van der Waals surface area contributed by atoms with Crippen molar-refractivity contribution < 1.29 is 8.42 Å². The largest absolute Gasteiger partial charge is 0.340 e. The number of pyridine rings is 1. The van der Waals surface area contributed by atoms with Gasteiger partial charge in [-0.05, 0) is 86.8 Å². The molecule has 8 nitrogen and oxygen atoms in total. The first-order chi connectivity index (χ1) is 16.2. The van der Waals surface area contributed by atoms with Crippen LogP contribution in [-0.4, -0.2) is 23.4 Å². The number of benzene rings is 2. The van der Waals surface area contributed by atoms with Crippen LogP contribution in [0.25, 0.3) is 0 Å². The van der Waals surface area contributed by atoms with Gasteiger partial charge < -0.3 is 10.6 Å². The van der Waals surface area contributed by atoms with E-state index < -0.39 is 10.0 Å². The smallest absolute Gasteiger partial charge is 0.262 e. The highest BCUT2D eigenvalue weighted by Crippen LogP contribution is 2.24. The first-order valence-electron chi connectivity index (χ1n) is 10.7. The molecular formula is C25H26N6O2S. The van der Waals surface area contributed by atoms with Crippen LogP contribution in [0, 0.1) is 27.7 Å². The van der Waals surface area contributed by atoms with Gasteiger partial charge in [-0.1, -0.05) is 12.1 Å². The molecule has 3 N–H and O–H groups in total. The number of rotatable bonds is 7. The molecule has 34 heavy (non-hydrogen) atoms.